The zero-order valence-electron chi connectivity index (χ0n) is 6.38. The minimum absolute atomic E-state index is 0.540. The van der Waals surface area contributed by atoms with Crippen molar-refractivity contribution >= 4 is 17.7 Å². The van der Waals surface area contributed by atoms with E-state index in [1.807, 2.05) is 0 Å². The Hall–Kier alpha value is -0.440. The SMILES string of the molecule is C=CCC1(C(=O)O)CCCS1. The van der Waals surface area contributed by atoms with Gasteiger partial charge in [-0.05, 0) is 25.0 Å². The molecule has 2 nitrogen and oxygen atoms in total. The minimum atomic E-state index is -0.681. The van der Waals surface area contributed by atoms with Crippen molar-refractivity contribution in [1.82, 2.24) is 0 Å². The van der Waals surface area contributed by atoms with Gasteiger partial charge in [-0.15, -0.1) is 18.3 Å². The number of carboxylic acids is 1. The van der Waals surface area contributed by atoms with Crippen molar-refractivity contribution in [2.24, 2.45) is 0 Å². The van der Waals surface area contributed by atoms with E-state index in [1.54, 1.807) is 17.8 Å². The van der Waals surface area contributed by atoms with Crippen LogP contribution in [0, 0.1) is 0 Å². The Kier molecular flexibility index (Phi) is 2.60. The molecule has 0 saturated carbocycles. The molecule has 0 spiro atoms. The lowest BCUT2D eigenvalue weighted by Gasteiger charge is -2.20. The Balaban J connectivity index is 2.69. The third-order valence-electron chi connectivity index (χ3n) is 1.97. The Morgan fingerprint density at radius 1 is 1.82 bits per heavy atom. The van der Waals surface area contributed by atoms with E-state index in [2.05, 4.69) is 6.58 Å². The maximum Gasteiger partial charge on any atom is 0.320 e. The van der Waals surface area contributed by atoms with Crippen molar-refractivity contribution in [2.45, 2.75) is 24.0 Å². The number of thioether (sulfide) groups is 1. The van der Waals surface area contributed by atoms with Gasteiger partial charge < -0.3 is 5.11 Å². The van der Waals surface area contributed by atoms with Crippen molar-refractivity contribution < 1.29 is 9.90 Å². The molecule has 0 bridgehead atoms. The summed E-state index contributed by atoms with van der Waals surface area (Å²) in [5.41, 5.74) is 0. The van der Waals surface area contributed by atoms with Crippen LogP contribution in [-0.4, -0.2) is 21.6 Å². The summed E-state index contributed by atoms with van der Waals surface area (Å²) in [5.74, 6) is 0.292. The van der Waals surface area contributed by atoms with Crippen molar-refractivity contribution in [3.05, 3.63) is 12.7 Å². The molecule has 1 aliphatic heterocycles. The van der Waals surface area contributed by atoms with Crippen LogP contribution < -0.4 is 0 Å². The van der Waals surface area contributed by atoms with E-state index < -0.39 is 10.7 Å². The summed E-state index contributed by atoms with van der Waals surface area (Å²) in [6, 6.07) is 0. The minimum Gasteiger partial charge on any atom is -0.480 e. The lowest BCUT2D eigenvalue weighted by molar-refractivity contribution is -0.139. The Morgan fingerprint density at radius 2 is 2.55 bits per heavy atom. The molecule has 0 radical (unpaired) electrons. The number of hydrogen-bond donors (Lipinski definition) is 1. The molecule has 1 aliphatic rings. The number of carboxylic acid groups (broad SMARTS) is 1. The smallest absolute Gasteiger partial charge is 0.320 e. The van der Waals surface area contributed by atoms with Crippen LogP contribution in [-0.2, 0) is 4.79 Å². The zero-order valence-corrected chi connectivity index (χ0v) is 7.19. The molecule has 1 atom stereocenters. The van der Waals surface area contributed by atoms with Gasteiger partial charge in [-0.1, -0.05) is 6.08 Å². The molecule has 62 valence electrons. The highest BCUT2D eigenvalue weighted by molar-refractivity contribution is 8.01. The first kappa shape index (κ1) is 8.65. The molecule has 11 heavy (non-hydrogen) atoms. The molecule has 1 saturated heterocycles. The molecule has 3 heteroatoms. The summed E-state index contributed by atoms with van der Waals surface area (Å²) in [7, 11) is 0. The predicted octanol–water partition coefficient (Wildman–Crippen LogP) is 1.91. The molecule has 0 aromatic heterocycles. The molecule has 0 aromatic rings. The quantitative estimate of drug-likeness (QED) is 0.661. The number of carbonyl (C=O) groups is 1. The van der Waals surface area contributed by atoms with Crippen LogP contribution in [0.15, 0.2) is 12.7 Å². The second kappa shape index (κ2) is 3.30. The molecular formula is C8H12O2S. The predicted molar refractivity (Wildman–Crippen MR) is 46.9 cm³/mol. The normalized spacial score (nSPS) is 30.2. The maximum atomic E-state index is 10.8. The number of hydrogen-bond acceptors (Lipinski definition) is 2. The van der Waals surface area contributed by atoms with Crippen LogP contribution >= 0.6 is 11.8 Å². The van der Waals surface area contributed by atoms with E-state index in [9.17, 15) is 4.79 Å². The average Bonchev–Trinajstić information content (AvgIpc) is 2.38. The van der Waals surface area contributed by atoms with Gasteiger partial charge in [-0.2, -0.15) is 0 Å². The zero-order chi connectivity index (χ0) is 8.32. The van der Waals surface area contributed by atoms with Crippen molar-refractivity contribution in [2.75, 3.05) is 5.75 Å². The first-order chi connectivity index (χ1) is 5.21. The summed E-state index contributed by atoms with van der Waals surface area (Å²) in [6.07, 6.45) is 4.10. The van der Waals surface area contributed by atoms with E-state index in [0.717, 1.165) is 18.6 Å². The summed E-state index contributed by atoms with van der Waals surface area (Å²) < 4.78 is -0.540. The van der Waals surface area contributed by atoms with Gasteiger partial charge in [-0.3, -0.25) is 4.79 Å². The lowest BCUT2D eigenvalue weighted by atomic mass is 10.00. The van der Waals surface area contributed by atoms with Crippen LogP contribution in [0.5, 0.6) is 0 Å². The molecule has 0 aliphatic carbocycles. The van der Waals surface area contributed by atoms with Gasteiger partial charge in [0.2, 0.25) is 0 Å². The molecule has 1 rings (SSSR count). The molecule has 1 heterocycles. The van der Waals surface area contributed by atoms with Crippen molar-refractivity contribution in [1.29, 1.82) is 0 Å². The van der Waals surface area contributed by atoms with Crippen LogP contribution in [0.1, 0.15) is 19.3 Å². The van der Waals surface area contributed by atoms with Crippen LogP contribution in [0.4, 0.5) is 0 Å². The van der Waals surface area contributed by atoms with Gasteiger partial charge in [0.15, 0.2) is 0 Å². The standard InChI is InChI=1S/C8H12O2S/c1-2-4-8(7(9)10)5-3-6-11-8/h2H,1,3-6H2,(H,9,10). The second-order valence-corrected chi connectivity index (χ2v) is 4.22. The molecule has 0 amide bonds. The fourth-order valence-corrected chi connectivity index (χ4v) is 2.67. The molecule has 1 fully saturated rings. The topological polar surface area (TPSA) is 37.3 Å². The molecular weight excluding hydrogens is 160 g/mol. The van der Waals surface area contributed by atoms with E-state index in [4.69, 9.17) is 5.11 Å². The monoisotopic (exact) mass is 172 g/mol. The number of allylic oxidation sites excluding steroid dienone is 1. The number of aliphatic carboxylic acids is 1. The largest absolute Gasteiger partial charge is 0.480 e. The highest BCUT2D eigenvalue weighted by Crippen LogP contribution is 2.41. The lowest BCUT2D eigenvalue weighted by Crippen LogP contribution is -2.31. The van der Waals surface area contributed by atoms with Gasteiger partial charge >= 0.3 is 5.97 Å². The van der Waals surface area contributed by atoms with E-state index in [1.165, 1.54) is 0 Å². The highest BCUT2D eigenvalue weighted by atomic mass is 32.2. The molecule has 0 aromatic carbocycles. The maximum absolute atomic E-state index is 10.8. The third-order valence-corrected chi connectivity index (χ3v) is 3.56. The van der Waals surface area contributed by atoms with Crippen molar-refractivity contribution in [3.63, 3.8) is 0 Å². The van der Waals surface area contributed by atoms with Crippen LogP contribution in [0.25, 0.3) is 0 Å². The summed E-state index contributed by atoms with van der Waals surface area (Å²) in [6.45, 7) is 3.57. The first-order valence-corrected chi connectivity index (χ1v) is 4.68. The first-order valence-electron chi connectivity index (χ1n) is 3.69. The van der Waals surface area contributed by atoms with Gasteiger partial charge in [-0.25, -0.2) is 0 Å². The van der Waals surface area contributed by atoms with E-state index in [-0.39, 0.29) is 0 Å². The van der Waals surface area contributed by atoms with Gasteiger partial charge in [0.1, 0.15) is 4.75 Å². The van der Waals surface area contributed by atoms with Gasteiger partial charge in [0.05, 0.1) is 0 Å². The van der Waals surface area contributed by atoms with Crippen LogP contribution in [0.2, 0.25) is 0 Å². The fourth-order valence-electron chi connectivity index (χ4n) is 1.35. The Labute approximate surface area is 70.7 Å². The Morgan fingerprint density at radius 3 is 2.91 bits per heavy atom. The average molecular weight is 172 g/mol. The van der Waals surface area contributed by atoms with Crippen molar-refractivity contribution in [3.8, 4) is 0 Å². The molecule has 1 N–H and O–H groups in total. The summed E-state index contributed by atoms with van der Waals surface area (Å²) in [5, 5.41) is 8.93. The highest BCUT2D eigenvalue weighted by Gasteiger charge is 2.40. The number of rotatable bonds is 3. The third kappa shape index (κ3) is 1.59. The van der Waals surface area contributed by atoms with Gasteiger partial charge in [0.25, 0.3) is 0 Å². The van der Waals surface area contributed by atoms with E-state index >= 15 is 0 Å². The Bertz CT molecular complexity index is 171. The van der Waals surface area contributed by atoms with Crippen LogP contribution in [0.3, 0.4) is 0 Å². The molecule has 1 unspecified atom stereocenters. The summed E-state index contributed by atoms with van der Waals surface area (Å²) >= 11 is 1.55. The fraction of sp³-hybridized carbons (Fsp3) is 0.625. The van der Waals surface area contributed by atoms with E-state index in [0.29, 0.717) is 6.42 Å². The summed E-state index contributed by atoms with van der Waals surface area (Å²) in [4.78, 5) is 10.8. The second-order valence-electron chi connectivity index (χ2n) is 2.74. The van der Waals surface area contributed by atoms with Gasteiger partial charge in [0, 0.05) is 0 Å².